The maximum Gasteiger partial charge on any atom is 0.314 e. The molecule has 1 aromatic carbocycles. The van der Waals surface area contributed by atoms with Crippen LogP contribution in [0.2, 0.25) is 0 Å². The molecule has 2 aliphatic rings. The Balaban J connectivity index is 1.81. The van der Waals surface area contributed by atoms with Crippen molar-refractivity contribution in [2.24, 2.45) is 5.41 Å². The van der Waals surface area contributed by atoms with E-state index in [4.69, 9.17) is 4.74 Å². The largest absolute Gasteiger partial charge is 0.466 e. The smallest absolute Gasteiger partial charge is 0.314 e. The standard InChI is InChI=1S/C18H21FN2O2/c1-2-23-17(22)18(7-3-8-18)16-15-12(6-9-20-16)13-10-11(19)4-5-14(13)21-15/h4-5,10,16,20-21H,2-3,6-9H2,1H3. The minimum atomic E-state index is -0.482. The van der Waals surface area contributed by atoms with Gasteiger partial charge in [0.05, 0.1) is 18.1 Å². The van der Waals surface area contributed by atoms with Crippen molar-refractivity contribution >= 4 is 16.9 Å². The van der Waals surface area contributed by atoms with E-state index in [1.165, 1.54) is 6.07 Å². The lowest BCUT2D eigenvalue weighted by molar-refractivity contribution is -0.164. The molecule has 0 bridgehead atoms. The molecular formula is C18H21FN2O2. The molecule has 2 heterocycles. The number of aromatic nitrogens is 1. The second-order valence-corrected chi connectivity index (χ2v) is 6.57. The number of fused-ring (bicyclic) bond motifs is 3. The van der Waals surface area contributed by atoms with E-state index in [2.05, 4.69) is 10.3 Å². The van der Waals surface area contributed by atoms with Crippen molar-refractivity contribution in [1.82, 2.24) is 10.3 Å². The van der Waals surface area contributed by atoms with Crippen molar-refractivity contribution in [2.45, 2.75) is 38.6 Å². The predicted molar refractivity (Wildman–Crippen MR) is 85.6 cm³/mol. The van der Waals surface area contributed by atoms with Gasteiger partial charge in [0.1, 0.15) is 5.82 Å². The lowest BCUT2D eigenvalue weighted by Crippen LogP contribution is -2.51. The first-order valence-corrected chi connectivity index (χ1v) is 8.36. The predicted octanol–water partition coefficient (Wildman–Crippen LogP) is 3.23. The van der Waals surface area contributed by atoms with E-state index < -0.39 is 5.41 Å². The van der Waals surface area contributed by atoms with Gasteiger partial charge in [-0.25, -0.2) is 4.39 Å². The summed E-state index contributed by atoms with van der Waals surface area (Å²) in [6.45, 7) is 3.04. The highest BCUT2D eigenvalue weighted by molar-refractivity contribution is 5.86. The molecule has 23 heavy (non-hydrogen) atoms. The Labute approximate surface area is 134 Å². The van der Waals surface area contributed by atoms with Gasteiger partial charge in [-0.05, 0) is 56.5 Å². The van der Waals surface area contributed by atoms with E-state index in [1.807, 2.05) is 6.92 Å². The van der Waals surface area contributed by atoms with Crippen molar-refractivity contribution in [3.8, 4) is 0 Å². The number of carbonyl (C=O) groups excluding carboxylic acids is 1. The molecule has 2 N–H and O–H groups in total. The van der Waals surface area contributed by atoms with Gasteiger partial charge in [-0.15, -0.1) is 0 Å². The summed E-state index contributed by atoms with van der Waals surface area (Å²) in [5.41, 5.74) is 2.62. The molecular weight excluding hydrogens is 295 g/mol. The molecule has 1 aliphatic carbocycles. The van der Waals surface area contributed by atoms with Crippen LogP contribution in [0.1, 0.15) is 43.5 Å². The average molecular weight is 316 g/mol. The number of hydrogen-bond acceptors (Lipinski definition) is 3. The quantitative estimate of drug-likeness (QED) is 0.855. The van der Waals surface area contributed by atoms with Crippen LogP contribution in [0, 0.1) is 11.2 Å². The summed E-state index contributed by atoms with van der Waals surface area (Å²) >= 11 is 0. The number of aromatic amines is 1. The fourth-order valence-electron chi connectivity index (χ4n) is 4.11. The van der Waals surface area contributed by atoms with Crippen molar-refractivity contribution in [2.75, 3.05) is 13.2 Å². The molecule has 1 aromatic heterocycles. The molecule has 0 amide bonds. The highest BCUT2D eigenvalue weighted by Crippen LogP contribution is 2.53. The molecule has 0 radical (unpaired) electrons. The van der Waals surface area contributed by atoms with Gasteiger partial charge >= 0.3 is 5.97 Å². The van der Waals surface area contributed by atoms with Crippen LogP contribution in [-0.2, 0) is 16.0 Å². The molecule has 4 rings (SSSR count). The topological polar surface area (TPSA) is 54.1 Å². The highest BCUT2D eigenvalue weighted by Gasteiger charge is 2.53. The number of carbonyl (C=O) groups is 1. The minimum Gasteiger partial charge on any atom is -0.466 e. The monoisotopic (exact) mass is 316 g/mol. The van der Waals surface area contributed by atoms with E-state index in [9.17, 15) is 9.18 Å². The van der Waals surface area contributed by atoms with Gasteiger partial charge in [0.25, 0.3) is 0 Å². The number of hydrogen-bond donors (Lipinski definition) is 2. The summed E-state index contributed by atoms with van der Waals surface area (Å²) in [7, 11) is 0. The number of benzene rings is 1. The Morgan fingerprint density at radius 1 is 1.43 bits per heavy atom. The van der Waals surface area contributed by atoms with Gasteiger partial charge in [-0.1, -0.05) is 6.42 Å². The van der Waals surface area contributed by atoms with Crippen LogP contribution in [-0.4, -0.2) is 24.1 Å². The van der Waals surface area contributed by atoms with Gasteiger partial charge in [0.15, 0.2) is 0 Å². The number of ether oxygens (including phenoxy) is 1. The summed E-state index contributed by atoms with van der Waals surface area (Å²) in [6.07, 6.45) is 3.56. The summed E-state index contributed by atoms with van der Waals surface area (Å²) in [4.78, 5) is 16.0. The third-order valence-corrected chi connectivity index (χ3v) is 5.39. The van der Waals surface area contributed by atoms with Crippen LogP contribution >= 0.6 is 0 Å². The Morgan fingerprint density at radius 3 is 2.96 bits per heavy atom. The van der Waals surface area contributed by atoms with Crippen molar-refractivity contribution < 1.29 is 13.9 Å². The molecule has 1 atom stereocenters. The van der Waals surface area contributed by atoms with Crippen LogP contribution in [0.15, 0.2) is 18.2 Å². The van der Waals surface area contributed by atoms with Crippen molar-refractivity contribution in [3.05, 3.63) is 35.3 Å². The second-order valence-electron chi connectivity index (χ2n) is 6.57. The van der Waals surface area contributed by atoms with Gasteiger partial charge in [-0.3, -0.25) is 4.79 Å². The first-order chi connectivity index (χ1) is 11.2. The number of esters is 1. The van der Waals surface area contributed by atoms with Gasteiger partial charge in [-0.2, -0.15) is 0 Å². The van der Waals surface area contributed by atoms with Gasteiger partial charge in [0.2, 0.25) is 0 Å². The Kier molecular flexibility index (Phi) is 3.41. The Hall–Kier alpha value is -1.88. The average Bonchev–Trinajstić information content (AvgIpc) is 2.85. The number of rotatable bonds is 3. The zero-order valence-electron chi connectivity index (χ0n) is 13.2. The van der Waals surface area contributed by atoms with Crippen LogP contribution < -0.4 is 5.32 Å². The maximum atomic E-state index is 13.6. The molecule has 2 aromatic rings. The van der Waals surface area contributed by atoms with Crippen LogP contribution in [0.4, 0.5) is 4.39 Å². The Morgan fingerprint density at radius 2 is 2.26 bits per heavy atom. The van der Waals surface area contributed by atoms with Crippen LogP contribution in [0.5, 0.6) is 0 Å². The summed E-state index contributed by atoms with van der Waals surface area (Å²) in [5, 5.41) is 4.44. The zero-order valence-corrected chi connectivity index (χ0v) is 13.2. The van der Waals surface area contributed by atoms with E-state index in [1.54, 1.807) is 12.1 Å². The lowest BCUT2D eigenvalue weighted by atomic mass is 9.62. The second kappa shape index (κ2) is 5.34. The molecule has 5 heteroatoms. The highest BCUT2D eigenvalue weighted by atomic mass is 19.1. The number of nitrogens with one attached hydrogen (secondary N) is 2. The third-order valence-electron chi connectivity index (χ3n) is 5.39. The first-order valence-electron chi connectivity index (χ1n) is 8.36. The number of halogens is 1. The van der Waals surface area contributed by atoms with Crippen molar-refractivity contribution in [1.29, 1.82) is 0 Å². The number of H-pyrrole nitrogens is 1. The fourth-order valence-corrected chi connectivity index (χ4v) is 4.11. The molecule has 122 valence electrons. The van der Waals surface area contributed by atoms with E-state index in [-0.39, 0.29) is 17.8 Å². The van der Waals surface area contributed by atoms with E-state index >= 15 is 0 Å². The Bertz CT molecular complexity index is 764. The fraction of sp³-hybridized carbons (Fsp3) is 0.500. The van der Waals surface area contributed by atoms with Crippen LogP contribution in [0.25, 0.3) is 10.9 Å². The summed E-state index contributed by atoms with van der Waals surface area (Å²) in [5.74, 6) is -0.334. The molecule has 1 unspecified atom stereocenters. The first kappa shape index (κ1) is 14.7. The zero-order chi connectivity index (χ0) is 16.0. The van der Waals surface area contributed by atoms with Crippen molar-refractivity contribution in [3.63, 3.8) is 0 Å². The minimum absolute atomic E-state index is 0.0745. The molecule has 0 spiro atoms. The van der Waals surface area contributed by atoms with Crippen LogP contribution in [0.3, 0.4) is 0 Å². The van der Waals surface area contributed by atoms with Gasteiger partial charge < -0.3 is 15.0 Å². The van der Waals surface area contributed by atoms with E-state index in [0.29, 0.717) is 6.61 Å². The SMILES string of the molecule is CCOC(=O)C1(C2NCCc3c2[nH]c2ccc(F)cc32)CCC1. The molecule has 4 nitrogen and oxygen atoms in total. The van der Waals surface area contributed by atoms with Gasteiger partial charge in [0, 0.05) is 16.6 Å². The molecule has 1 fully saturated rings. The maximum absolute atomic E-state index is 13.6. The third kappa shape index (κ3) is 2.10. The summed E-state index contributed by atoms with van der Waals surface area (Å²) < 4.78 is 19.0. The molecule has 1 saturated carbocycles. The normalized spacial score (nSPS) is 22.4. The molecule has 1 aliphatic heterocycles. The summed E-state index contributed by atoms with van der Waals surface area (Å²) in [6, 6.07) is 4.76. The molecule has 0 saturated heterocycles. The lowest BCUT2D eigenvalue weighted by Gasteiger charge is -2.46. The van der Waals surface area contributed by atoms with E-state index in [0.717, 1.165) is 54.4 Å².